The fourth-order valence-corrected chi connectivity index (χ4v) is 7.76. The Bertz CT molecular complexity index is 1700. The molecule has 1 aromatic carbocycles. The molecule has 282 valence electrons. The van der Waals surface area contributed by atoms with Gasteiger partial charge >= 0.3 is 15.2 Å². The van der Waals surface area contributed by atoms with E-state index in [1.807, 2.05) is 36.1 Å². The third-order valence-electron chi connectivity index (χ3n) is 7.66. The van der Waals surface area contributed by atoms with E-state index in [4.69, 9.17) is 49.4 Å². The van der Waals surface area contributed by atoms with Crippen LogP contribution in [0, 0.1) is 26.2 Å². The number of anilines is 1. The Morgan fingerprint density at radius 3 is 2.24 bits per heavy atom. The average Bonchev–Trinajstić information content (AvgIpc) is 3.60. The van der Waals surface area contributed by atoms with Crippen LogP contribution in [-0.2, 0) is 43.9 Å². The smallest absolute Gasteiger partial charge is 0.340 e. The SMILES string of the molecule is C#CCOCCOCCOCCOCCN(Cc1ccccc1C)c1nc(C)nc2c1cnn2[C@@H]1O[C@H](COP(=O)(O)CP(=O)(O)O)[C@@H](O)[C@H]1O. The Kier molecular flexibility index (Phi) is 15.5. The summed E-state index contributed by atoms with van der Waals surface area (Å²) < 4.78 is 57.3. The molecule has 4 rings (SSSR count). The molecule has 1 fully saturated rings. The third kappa shape index (κ3) is 12.4. The van der Waals surface area contributed by atoms with E-state index in [0.29, 0.717) is 82.0 Å². The maximum Gasteiger partial charge on any atom is 0.340 e. The van der Waals surface area contributed by atoms with E-state index in [1.165, 1.54) is 10.9 Å². The monoisotopic (exact) mass is 757 g/mol. The highest BCUT2D eigenvalue weighted by Crippen LogP contribution is 2.55. The summed E-state index contributed by atoms with van der Waals surface area (Å²) in [6.45, 7) is 6.88. The fraction of sp³-hybridized carbons (Fsp3) is 0.581. The second-order valence-corrected chi connectivity index (χ2v) is 15.6. The summed E-state index contributed by atoms with van der Waals surface area (Å²) >= 11 is 0. The number of aryl methyl sites for hydroxylation is 2. The van der Waals surface area contributed by atoms with Crippen LogP contribution in [0.1, 0.15) is 23.2 Å². The maximum absolute atomic E-state index is 12.1. The number of aliphatic hydroxyl groups excluding tert-OH is 2. The van der Waals surface area contributed by atoms with Gasteiger partial charge in [0.2, 0.25) is 0 Å². The van der Waals surface area contributed by atoms with Gasteiger partial charge in [0.05, 0.1) is 64.4 Å². The van der Waals surface area contributed by atoms with Gasteiger partial charge in [-0.1, -0.05) is 30.2 Å². The predicted octanol–water partition coefficient (Wildman–Crippen LogP) is 1.11. The normalized spacial score (nSPS) is 20.4. The first kappa shape index (κ1) is 40.9. The lowest BCUT2D eigenvalue weighted by Gasteiger charge is -2.25. The number of hydrogen-bond acceptors (Lipinski definition) is 14. The van der Waals surface area contributed by atoms with Crippen LogP contribution in [0.15, 0.2) is 30.5 Å². The Balaban J connectivity index is 1.43. The molecule has 0 amide bonds. The van der Waals surface area contributed by atoms with E-state index in [1.54, 1.807) is 6.92 Å². The zero-order valence-corrected chi connectivity index (χ0v) is 30.2. The number of hydrogen-bond donors (Lipinski definition) is 5. The van der Waals surface area contributed by atoms with Crippen molar-refractivity contribution in [1.29, 1.82) is 0 Å². The average molecular weight is 758 g/mol. The molecule has 18 nitrogen and oxygen atoms in total. The summed E-state index contributed by atoms with van der Waals surface area (Å²) in [7, 11) is -9.60. The maximum atomic E-state index is 12.1. The topological polar surface area (TPSA) is 238 Å². The van der Waals surface area contributed by atoms with E-state index >= 15 is 0 Å². The fourth-order valence-electron chi connectivity index (χ4n) is 5.19. The van der Waals surface area contributed by atoms with Gasteiger partial charge in [-0.3, -0.25) is 9.13 Å². The lowest BCUT2D eigenvalue weighted by molar-refractivity contribution is -0.0541. The number of fused-ring (bicyclic) bond motifs is 1. The highest BCUT2D eigenvalue weighted by atomic mass is 31.2. The van der Waals surface area contributed by atoms with Crippen molar-refractivity contribution in [3.8, 4) is 12.3 Å². The van der Waals surface area contributed by atoms with Crippen molar-refractivity contribution in [2.45, 2.75) is 44.9 Å². The van der Waals surface area contributed by atoms with Gasteiger partial charge in [0.1, 0.15) is 36.6 Å². The van der Waals surface area contributed by atoms with Gasteiger partial charge < -0.3 is 58.0 Å². The Morgan fingerprint density at radius 1 is 0.941 bits per heavy atom. The van der Waals surface area contributed by atoms with Gasteiger partial charge in [-0.05, 0) is 25.0 Å². The summed E-state index contributed by atoms with van der Waals surface area (Å²) in [6, 6.07) is 7.94. The lowest BCUT2D eigenvalue weighted by Crippen LogP contribution is -2.34. The molecular formula is C31H45N5O13P2. The molecule has 5 atom stereocenters. The molecule has 0 radical (unpaired) electrons. The van der Waals surface area contributed by atoms with Crippen LogP contribution in [0.2, 0.25) is 0 Å². The molecule has 1 saturated heterocycles. The zero-order chi connectivity index (χ0) is 37.0. The molecule has 0 spiro atoms. The van der Waals surface area contributed by atoms with Crippen LogP contribution >= 0.6 is 15.2 Å². The molecule has 0 saturated carbocycles. The van der Waals surface area contributed by atoms with Crippen LogP contribution in [0.25, 0.3) is 11.0 Å². The van der Waals surface area contributed by atoms with Crippen LogP contribution in [0.3, 0.4) is 0 Å². The molecule has 20 heteroatoms. The van der Waals surface area contributed by atoms with Crippen LogP contribution in [-0.4, -0.2) is 135 Å². The Morgan fingerprint density at radius 2 is 1.59 bits per heavy atom. The molecule has 3 heterocycles. The van der Waals surface area contributed by atoms with E-state index in [-0.39, 0.29) is 6.61 Å². The van der Waals surface area contributed by atoms with Crippen molar-refractivity contribution in [3.05, 3.63) is 47.4 Å². The van der Waals surface area contributed by atoms with Gasteiger partial charge in [0.15, 0.2) is 17.8 Å². The van der Waals surface area contributed by atoms with Gasteiger partial charge in [0, 0.05) is 13.1 Å². The molecule has 51 heavy (non-hydrogen) atoms. The molecule has 3 aromatic rings. The number of nitrogens with zero attached hydrogens (tertiary/aromatic N) is 5. The van der Waals surface area contributed by atoms with Crippen molar-refractivity contribution in [3.63, 3.8) is 0 Å². The summed E-state index contributed by atoms with van der Waals surface area (Å²) in [5, 5.41) is 26.5. The molecule has 1 aliphatic heterocycles. The largest absolute Gasteiger partial charge is 0.387 e. The van der Waals surface area contributed by atoms with Crippen molar-refractivity contribution >= 4 is 32.0 Å². The summed E-state index contributed by atoms with van der Waals surface area (Å²) in [5.41, 5.74) is 2.43. The third-order valence-corrected chi connectivity index (χ3v) is 11.1. The number of aromatic nitrogens is 4. The van der Waals surface area contributed by atoms with Crippen molar-refractivity contribution < 1.29 is 62.2 Å². The second-order valence-electron chi connectivity index (χ2n) is 11.6. The molecular weight excluding hydrogens is 712 g/mol. The van der Waals surface area contributed by atoms with E-state index in [9.17, 15) is 24.2 Å². The number of aliphatic hydroxyl groups is 2. The van der Waals surface area contributed by atoms with E-state index in [2.05, 4.69) is 16.0 Å². The molecule has 5 N–H and O–H groups in total. The summed E-state index contributed by atoms with van der Waals surface area (Å²) in [6.07, 6.45) is 0.891. The number of rotatable bonds is 22. The van der Waals surface area contributed by atoms with Gasteiger partial charge in [-0.25, -0.2) is 14.6 Å². The highest BCUT2D eigenvalue weighted by molar-refractivity contribution is 7.70. The number of benzene rings is 1. The van der Waals surface area contributed by atoms with Gasteiger partial charge in [0.25, 0.3) is 0 Å². The number of terminal acetylenes is 1. The molecule has 2 aromatic heterocycles. The Hall–Kier alpha value is -2.85. The highest BCUT2D eigenvalue weighted by Gasteiger charge is 2.46. The lowest BCUT2D eigenvalue weighted by atomic mass is 10.1. The molecule has 0 bridgehead atoms. The zero-order valence-electron chi connectivity index (χ0n) is 28.4. The van der Waals surface area contributed by atoms with Gasteiger partial charge in [-0.15, -0.1) is 6.42 Å². The number of ether oxygens (including phenoxy) is 5. The van der Waals surface area contributed by atoms with Crippen LogP contribution < -0.4 is 4.90 Å². The minimum atomic E-state index is -4.87. The Labute approximate surface area is 295 Å². The summed E-state index contributed by atoms with van der Waals surface area (Å²) in [5.74, 6) is 1.91. The first-order valence-electron chi connectivity index (χ1n) is 16.1. The van der Waals surface area contributed by atoms with E-state index < -0.39 is 52.2 Å². The standard InChI is InChI=1S/C31H45N5O13P2/c1-4-10-44-12-14-46-16-17-47-15-13-45-11-9-35(19-24-8-6-5-7-22(24)2)29-25-18-32-36(30(25)34-23(3)33-29)31-28(38)27(37)26(49-31)20-48-51(42,43)21-50(39,40)41/h1,5-8,18,26-28,31,37-38H,9-17,19-21H2,2-3H3,(H,42,43)(H2,39,40,41)/t26-,27-,28-,31-/m1/s1. The predicted molar refractivity (Wildman–Crippen MR) is 183 cm³/mol. The van der Waals surface area contributed by atoms with Gasteiger partial charge in [-0.2, -0.15) is 5.10 Å². The minimum Gasteiger partial charge on any atom is -0.387 e. The quantitative estimate of drug-likeness (QED) is 0.0548. The minimum absolute atomic E-state index is 0.250. The van der Waals surface area contributed by atoms with Crippen molar-refractivity contribution in [1.82, 2.24) is 19.7 Å². The van der Waals surface area contributed by atoms with Crippen LogP contribution in [0.5, 0.6) is 0 Å². The first-order chi connectivity index (χ1) is 24.3. The second kappa shape index (κ2) is 19.3. The molecule has 0 aliphatic carbocycles. The van der Waals surface area contributed by atoms with E-state index in [0.717, 1.165) is 11.1 Å². The van der Waals surface area contributed by atoms with Crippen molar-refractivity contribution in [2.75, 3.05) is 76.8 Å². The first-order valence-corrected chi connectivity index (χ1v) is 19.6. The van der Waals surface area contributed by atoms with Crippen molar-refractivity contribution in [2.24, 2.45) is 0 Å². The van der Waals surface area contributed by atoms with Crippen LogP contribution in [0.4, 0.5) is 5.82 Å². The molecule has 1 unspecified atom stereocenters. The molecule has 1 aliphatic rings. The summed E-state index contributed by atoms with van der Waals surface area (Å²) in [4.78, 5) is 39.3.